The number of methoxy groups -OCH3 is 1. The molecule has 8 heteroatoms. The van der Waals surface area contributed by atoms with Gasteiger partial charge in [-0.25, -0.2) is 9.18 Å². The van der Waals surface area contributed by atoms with E-state index in [-0.39, 0.29) is 27.5 Å². The van der Waals surface area contributed by atoms with Crippen molar-refractivity contribution in [3.8, 4) is 11.4 Å². The van der Waals surface area contributed by atoms with Crippen molar-refractivity contribution < 1.29 is 13.9 Å². The van der Waals surface area contributed by atoms with Crippen LogP contribution in [0.2, 0.25) is 10.6 Å². The first kappa shape index (κ1) is 13.6. The Bertz CT molecular complexity index is 632. The molecule has 0 aliphatic rings. The van der Waals surface area contributed by atoms with E-state index in [0.29, 0.717) is 0 Å². The fraction of sp³-hybridized carbons (Fsp3) is 0.0909. The second-order valence-corrected chi connectivity index (χ2v) is 4.09. The normalized spacial score (nSPS) is 10.3. The van der Waals surface area contributed by atoms with Crippen LogP contribution in [0, 0.1) is 5.82 Å². The van der Waals surface area contributed by atoms with E-state index in [0.717, 1.165) is 12.1 Å². The third-order valence-corrected chi connectivity index (χ3v) is 2.50. The lowest BCUT2D eigenvalue weighted by molar-refractivity contribution is 0.0600. The van der Waals surface area contributed by atoms with E-state index in [2.05, 4.69) is 19.7 Å². The summed E-state index contributed by atoms with van der Waals surface area (Å²) in [4.78, 5) is 22.6. The molecular weight excluding hydrogens is 296 g/mol. The van der Waals surface area contributed by atoms with Crippen LogP contribution in [0.15, 0.2) is 18.2 Å². The Labute approximate surface area is 117 Å². The second-order valence-electron chi connectivity index (χ2n) is 3.42. The number of benzene rings is 1. The molecule has 0 saturated heterocycles. The summed E-state index contributed by atoms with van der Waals surface area (Å²) in [6, 6.07) is 3.56. The lowest BCUT2D eigenvalue weighted by atomic mass is 10.1. The fourth-order valence-electron chi connectivity index (χ4n) is 1.41. The minimum atomic E-state index is -0.674. The van der Waals surface area contributed by atoms with Crippen LogP contribution < -0.4 is 0 Å². The first-order valence-corrected chi connectivity index (χ1v) is 5.71. The Balaban J connectivity index is 2.55. The first-order valence-electron chi connectivity index (χ1n) is 4.96. The molecule has 1 heterocycles. The zero-order valence-corrected chi connectivity index (χ0v) is 11.0. The van der Waals surface area contributed by atoms with Crippen molar-refractivity contribution in [1.82, 2.24) is 15.0 Å². The van der Waals surface area contributed by atoms with E-state index in [4.69, 9.17) is 23.2 Å². The molecule has 0 unspecified atom stereocenters. The SMILES string of the molecule is COC(=O)c1cc(F)cc(-c2nc(Cl)nc(Cl)n2)c1. The topological polar surface area (TPSA) is 65.0 Å². The van der Waals surface area contributed by atoms with E-state index in [1.165, 1.54) is 13.2 Å². The number of aromatic nitrogens is 3. The maximum atomic E-state index is 13.5. The van der Waals surface area contributed by atoms with Gasteiger partial charge in [-0.1, -0.05) is 0 Å². The molecule has 2 aromatic rings. The summed E-state index contributed by atoms with van der Waals surface area (Å²) in [6.07, 6.45) is 0. The van der Waals surface area contributed by atoms with Gasteiger partial charge in [-0.15, -0.1) is 0 Å². The largest absolute Gasteiger partial charge is 0.465 e. The van der Waals surface area contributed by atoms with Crippen molar-refractivity contribution >= 4 is 29.2 Å². The summed E-state index contributed by atoms with van der Waals surface area (Å²) in [7, 11) is 1.20. The highest BCUT2D eigenvalue weighted by Crippen LogP contribution is 2.21. The molecule has 98 valence electrons. The van der Waals surface area contributed by atoms with Crippen LogP contribution in [-0.2, 0) is 4.74 Å². The van der Waals surface area contributed by atoms with E-state index >= 15 is 0 Å². The molecular formula is C11H6Cl2FN3O2. The summed E-state index contributed by atoms with van der Waals surface area (Å²) in [5.74, 6) is -1.24. The Morgan fingerprint density at radius 3 is 2.37 bits per heavy atom. The molecule has 1 aromatic carbocycles. The summed E-state index contributed by atoms with van der Waals surface area (Å²) in [6.45, 7) is 0. The van der Waals surface area contributed by atoms with Gasteiger partial charge in [0.1, 0.15) is 5.82 Å². The molecule has 2 rings (SSSR count). The Morgan fingerprint density at radius 1 is 1.16 bits per heavy atom. The van der Waals surface area contributed by atoms with Crippen LogP contribution >= 0.6 is 23.2 Å². The predicted molar refractivity (Wildman–Crippen MR) is 66.6 cm³/mol. The minimum absolute atomic E-state index is 0.0326. The average molecular weight is 302 g/mol. The van der Waals surface area contributed by atoms with Gasteiger partial charge >= 0.3 is 5.97 Å². The highest BCUT2D eigenvalue weighted by Gasteiger charge is 2.13. The van der Waals surface area contributed by atoms with Gasteiger partial charge in [0.05, 0.1) is 12.7 Å². The Morgan fingerprint density at radius 2 is 1.79 bits per heavy atom. The van der Waals surface area contributed by atoms with Crippen LogP contribution in [0.4, 0.5) is 4.39 Å². The molecule has 0 aliphatic carbocycles. The Hall–Kier alpha value is -1.79. The number of carbonyl (C=O) groups excluding carboxylic acids is 1. The molecule has 1 aromatic heterocycles. The summed E-state index contributed by atoms with van der Waals surface area (Å²) in [5, 5.41) is -0.252. The molecule has 0 radical (unpaired) electrons. The Kier molecular flexibility index (Phi) is 3.92. The number of rotatable bonds is 2. The second kappa shape index (κ2) is 5.46. The maximum absolute atomic E-state index is 13.5. The number of hydrogen-bond acceptors (Lipinski definition) is 5. The van der Waals surface area contributed by atoms with E-state index in [9.17, 15) is 9.18 Å². The zero-order valence-electron chi connectivity index (χ0n) is 9.52. The van der Waals surface area contributed by atoms with E-state index in [1.807, 2.05) is 0 Å². The van der Waals surface area contributed by atoms with Crippen LogP contribution in [0.3, 0.4) is 0 Å². The number of esters is 1. The molecule has 0 spiro atoms. The molecule has 0 atom stereocenters. The molecule has 19 heavy (non-hydrogen) atoms. The molecule has 0 amide bonds. The number of hydrogen-bond donors (Lipinski definition) is 0. The van der Waals surface area contributed by atoms with Gasteiger partial charge in [0.25, 0.3) is 0 Å². The van der Waals surface area contributed by atoms with Gasteiger partial charge in [0.15, 0.2) is 5.82 Å². The van der Waals surface area contributed by atoms with Gasteiger partial charge in [-0.2, -0.15) is 15.0 Å². The van der Waals surface area contributed by atoms with E-state index < -0.39 is 11.8 Å². The lowest BCUT2D eigenvalue weighted by Crippen LogP contribution is -2.03. The molecule has 0 fully saturated rings. The van der Waals surface area contributed by atoms with Crippen molar-refractivity contribution in [1.29, 1.82) is 0 Å². The van der Waals surface area contributed by atoms with Crippen LogP contribution in [-0.4, -0.2) is 28.0 Å². The molecule has 0 N–H and O–H groups in total. The van der Waals surface area contributed by atoms with Gasteiger partial charge in [-0.05, 0) is 41.4 Å². The van der Waals surface area contributed by atoms with Gasteiger partial charge in [-0.3, -0.25) is 0 Å². The number of halogens is 3. The van der Waals surface area contributed by atoms with Crippen LogP contribution in [0.1, 0.15) is 10.4 Å². The minimum Gasteiger partial charge on any atom is -0.465 e. The third-order valence-electron chi connectivity index (χ3n) is 2.16. The smallest absolute Gasteiger partial charge is 0.337 e. The lowest BCUT2D eigenvalue weighted by Gasteiger charge is -2.04. The fourth-order valence-corrected chi connectivity index (χ4v) is 1.77. The van der Waals surface area contributed by atoms with Crippen LogP contribution in [0.5, 0.6) is 0 Å². The van der Waals surface area contributed by atoms with Crippen molar-refractivity contribution in [2.75, 3.05) is 7.11 Å². The average Bonchev–Trinajstić information content (AvgIpc) is 2.36. The standard InChI is InChI=1S/C11H6Cl2FN3O2/c1-19-9(18)6-2-5(3-7(14)4-6)8-15-10(12)17-11(13)16-8/h2-4H,1H3. The summed E-state index contributed by atoms with van der Waals surface area (Å²) in [5.41, 5.74) is 0.275. The predicted octanol–water partition coefficient (Wildman–Crippen LogP) is 2.77. The quantitative estimate of drug-likeness (QED) is 0.798. The zero-order chi connectivity index (χ0) is 14.0. The van der Waals surface area contributed by atoms with Gasteiger partial charge < -0.3 is 4.74 Å². The highest BCUT2D eigenvalue weighted by atomic mass is 35.5. The molecule has 0 aliphatic heterocycles. The highest BCUT2D eigenvalue weighted by molar-refractivity contribution is 6.31. The van der Waals surface area contributed by atoms with E-state index in [1.54, 1.807) is 0 Å². The number of carbonyl (C=O) groups is 1. The molecule has 5 nitrogen and oxygen atoms in total. The maximum Gasteiger partial charge on any atom is 0.337 e. The van der Waals surface area contributed by atoms with Crippen molar-refractivity contribution in [2.45, 2.75) is 0 Å². The third kappa shape index (κ3) is 3.15. The molecule has 0 bridgehead atoms. The van der Waals surface area contributed by atoms with Gasteiger partial charge in [0, 0.05) is 5.56 Å². The van der Waals surface area contributed by atoms with Crippen molar-refractivity contribution in [2.24, 2.45) is 0 Å². The first-order chi connectivity index (χ1) is 8.99. The van der Waals surface area contributed by atoms with Crippen molar-refractivity contribution in [3.05, 3.63) is 40.1 Å². The van der Waals surface area contributed by atoms with Gasteiger partial charge in [0.2, 0.25) is 10.6 Å². The van der Waals surface area contributed by atoms with Crippen molar-refractivity contribution in [3.63, 3.8) is 0 Å². The molecule has 0 saturated carbocycles. The monoisotopic (exact) mass is 301 g/mol. The number of ether oxygens (including phenoxy) is 1. The summed E-state index contributed by atoms with van der Waals surface area (Å²) >= 11 is 11.3. The summed E-state index contributed by atoms with van der Waals surface area (Å²) < 4.78 is 18.0. The number of nitrogens with zero attached hydrogens (tertiary/aromatic N) is 3. The van der Waals surface area contributed by atoms with Crippen LogP contribution in [0.25, 0.3) is 11.4 Å².